The molecule has 2 aromatic rings. The fourth-order valence-electron chi connectivity index (χ4n) is 2.46. The first-order valence-electron chi connectivity index (χ1n) is 6.90. The summed E-state index contributed by atoms with van der Waals surface area (Å²) in [5.74, 6) is 1.62. The average molecular weight is 253 g/mol. The van der Waals surface area contributed by atoms with Crippen LogP contribution in [-0.2, 0) is 6.54 Å². The molecule has 1 unspecified atom stereocenters. The summed E-state index contributed by atoms with van der Waals surface area (Å²) in [6, 6.07) is 13.2. The summed E-state index contributed by atoms with van der Waals surface area (Å²) in [4.78, 5) is 8.58. The monoisotopic (exact) mass is 253 g/mol. The van der Waals surface area contributed by atoms with E-state index in [2.05, 4.69) is 45.6 Å². The highest BCUT2D eigenvalue weighted by Crippen LogP contribution is 2.40. The zero-order valence-corrected chi connectivity index (χ0v) is 11.2. The smallest absolute Gasteiger partial charge is 0.125 e. The summed E-state index contributed by atoms with van der Waals surface area (Å²) in [5, 5.41) is 3.65. The maximum Gasteiger partial charge on any atom is 0.125 e. The Bertz CT molecular complexity index is 535. The second kappa shape index (κ2) is 5.49. The molecule has 1 aliphatic rings. The minimum Gasteiger partial charge on any atom is -0.304 e. The van der Waals surface area contributed by atoms with Crippen molar-refractivity contribution in [1.29, 1.82) is 0 Å². The quantitative estimate of drug-likeness (QED) is 0.890. The molecule has 3 heteroatoms. The fourth-order valence-corrected chi connectivity index (χ4v) is 2.46. The predicted octanol–water partition coefficient (Wildman–Crippen LogP) is 3.03. The first-order chi connectivity index (χ1) is 9.33. The Labute approximate surface area is 114 Å². The largest absolute Gasteiger partial charge is 0.304 e. The van der Waals surface area contributed by atoms with E-state index in [9.17, 15) is 0 Å². The lowest BCUT2D eigenvalue weighted by molar-refractivity contribution is 0.476. The van der Waals surface area contributed by atoms with Crippen LogP contribution in [0.4, 0.5) is 0 Å². The zero-order chi connectivity index (χ0) is 13.1. The van der Waals surface area contributed by atoms with Gasteiger partial charge in [0.25, 0.3) is 0 Å². The summed E-state index contributed by atoms with van der Waals surface area (Å²) >= 11 is 0. The van der Waals surface area contributed by atoms with Crippen molar-refractivity contribution in [3.63, 3.8) is 0 Å². The van der Waals surface area contributed by atoms with Gasteiger partial charge in [0.15, 0.2) is 0 Å². The molecule has 1 heterocycles. The van der Waals surface area contributed by atoms with Crippen molar-refractivity contribution in [2.75, 3.05) is 0 Å². The Morgan fingerprint density at radius 3 is 2.68 bits per heavy atom. The summed E-state index contributed by atoms with van der Waals surface area (Å²) < 4.78 is 0. The summed E-state index contributed by atoms with van der Waals surface area (Å²) in [7, 11) is 0. The van der Waals surface area contributed by atoms with E-state index in [0.717, 1.165) is 24.0 Å². The van der Waals surface area contributed by atoms with E-state index in [1.807, 2.05) is 19.2 Å². The Hall–Kier alpha value is -1.74. The van der Waals surface area contributed by atoms with Gasteiger partial charge in [-0.3, -0.25) is 0 Å². The van der Waals surface area contributed by atoms with Crippen molar-refractivity contribution in [2.45, 2.75) is 32.4 Å². The van der Waals surface area contributed by atoms with Crippen LogP contribution < -0.4 is 5.32 Å². The second-order valence-electron chi connectivity index (χ2n) is 5.20. The summed E-state index contributed by atoms with van der Waals surface area (Å²) in [5.41, 5.74) is 2.45. The Morgan fingerprint density at radius 2 is 2.00 bits per heavy atom. The third kappa shape index (κ3) is 3.18. The molecular formula is C16H19N3. The third-order valence-electron chi connectivity index (χ3n) is 3.59. The number of rotatable bonds is 5. The summed E-state index contributed by atoms with van der Waals surface area (Å²) in [6.07, 6.45) is 4.48. The molecule has 0 aliphatic heterocycles. The molecule has 0 amide bonds. The van der Waals surface area contributed by atoms with Gasteiger partial charge >= 0.3 is 0 Å². The van der Waals surface area contributed by atoms with Crippen molar-refractivity contribution < 1.29 is 0 Å². The lowest BCUT2D eigenvalue weighted by Crippen LogP contribution is -2.23. The van der Waals surface area contributed by atoms with Crippen LogP contribution >= 0.6 is 0 Å². The van der Waals surface area contributed by atoms with E-state index < -0.39 is 0 Å². The van der Waals surface area contributed by atoms with Crippen molar-refractivity contribution in [1.82, 2.24) is 15.3 Å². The number of hydrogen-bond donors (Lipinski definition) is 1. The molecule has 3 nitrogen and oxygen atoms in total. The standard InChI is InChI=1S/C16H19N3/c1-12-17-10-9-15(19-12)11-18-16(14-7-8-14)13-5-3-2-4-6-13/h2-6,9-10,14,16,18H,7-8,11H2,1H3. The topological polar surface area (TPSA) is 37.8 Å². The number of nitrogens with zero attached hydrogens (tertiary/aromatic N) is 2. The minimum absolute atomic E-state index is 0.455. The van der Waals surface area contributed by atoms with Crippen molar-refractivity contribution in [2.24, 2.45) is 5.92 Å². The van der Waals surface area contributed by atoms with Crippen LogP contribution in [0.25, 0.3) is 0 Å². The summed E-state index contributed by atoms with van der Waals surface area (Å²) in [6.45, 7) is 2.73. The molecule has 1 aliphatic carbocycles. The zero-order valence-electron chi connectivity index (χ0n) is 11.2. The molecule has 0 saturated heterocycles. The van der Waals surface area contributed by atoms with E-state index in [1.54, 1.807) is 0 Å². The third-order valence-corrected chi connectivity index (χ3v) is 3.59. The van der Waals surface area contributed by atoms with Gasteiger partial charge in [0.1, 0.15) is 5.82 Å². The van der Waals surface area contributed by atoms with Gasteiger partial charge < -0.3 is 5.32 Å². The molecule has 1 fully saturated rings. The number of aryl methyl sites for hydroxylation is 1. The van der Waals surface area contributed by atoms with Crippen LogP contribution in [0.5, 0.6) is 0 Å². The molecule has 1 atom stereocenters. The predicted molar refractivity (Wildman–Crippen MR) is 75.5 cm³/mol. The van der Waals surface area contributed by atoms with Crippen LogP contribution in [0.1, 0.15) is 36.0 Å². The molecule has 1 N–H and O–H groups in total. The highest BCUT2D eigenvalue weighted by molar-refractivity contribution is 5.21. The molecule has 1 saturated carbocycles. The van der Waals surface area contributed by atoms with Gasteiger partial charge in [-0.2, -0.15) is 0 Å². The van der Waals surface area contributed by atoms with Crippen LogP contribution in [0.3, 0.4) is 0 Å². The van der Waals surface area contributed by atoms with E-state index in [-0.39, 0.29) is 0 Å². The molecule has 0 spiro atoms. The second-order valence-corrected chi connectivity index (χ2v) is 5.20. The first-order valence-corrected chi connectivity index (χ1v) is 6.90. The van der Waals surface area contributed by atoms with Crippen molar-refractivity contribution >= 4 is 0 Å². The van der Waals surface area contributed by atoms with Gasteiger partial charge in [-0.05, 0) is 37.3 Å². The molecule has 1 aromatic carbocycles. The van der Waals surface area contributed by atoms with Crippen molar-refractivity contribution in [3.05, 3.63) is 59.7 Å². The molecule has 19 heavy (non-hydrogen) atoms. The molecule has 3 rings (SSSR count). The molecule has 0 radical (unpaired) electrons. The Kier molecular flexibility index (Phi) is 3.56. The first kappa shape index (κ1) is 12.3. The molecule has 0 bridgehead atoms. The highest BCUT2D eigenvalue weighted by Gasteiger charge is 2.31. The van der Waals surface area contributed by atoms with E-state index >= 15 is 0 Å². The number of benzene rings is 1. The van der Waals surface area contributed by atoms with Crippen LogP contribution in [0, 0.1) is 12.8 Å². The van der Waals surface area contributed by atoms with Gasteiger partial charge in [-0.25, -0.2) is 9.97 Å². The number of hydrogen-bond acceptors (Lipinski definition) is 3. The van der Waals surface area contributed by atoms with Crippen molar-refractivity contribution in [3.8, 4) is 0 Å². The van der Waals surface area contributed by atoms with Gasteiger partial charge in [0, 0.05) is 18.8 Å². The van der Waals surface area contributed by atoms with Gasteiger partial charge in [0.2, 0.25) is 0 Å². The minimum atomic E-state index is 0.455. The maximum absolute atomic E-state index is 4.44. The van der Waals surface area contributed by atoms with E-state index in [1.165, 1.54) is 18.4 Å². The average Bonchev–Trinajstić information content (AvgIpc) is 3.25. The number of nitrogens with one attached hydrogen (secondary N) is 1. The highest BCUT2D eigenvalue weighted by atomic mass is 15.0. The lowest BCUT2D eigenvalue weighted by Gasteiger charge is -2.18. The van der Waals surface area contributed by atoms with Crippen LogP contribution in [-0.4, -0.2) is 9.97 Å². The Morgan fingerprint density at radius 1 is 1.21 bits per heavy atom. The van der Waals surface area contributed by atoms with Gasteiger partial charge in [-0.1, -0.05) is 30.3 Å². The van der Waals surface area contributed by atoms with Crippen LogP contribution in [0.2, 0.25) is 0 Å². The SMILES string of the molecule is Cc1nccc(CNC(c2ccccc2)C2CC2)n1. The Balaban J connectivity index is 1.69. The molecular weight excluding hydrogens is 234 g/mol. The maximum atomic E-state index is 4.44. The lowest BCUT2D eigenvalue weighted by atomic mass is 10.0. The van der Waals surface area contributed by atoms with E-state index in [0.29, 0.717) is 6.04 Å². The number of aromatic nitrogens is 2. The van der Waals surface area contributed by atoms with Crippen LogP contribution in [0.15, 0.2) is 42.6 Å². The molecule has 98 valence electrons. The fraction of sp³-hybridized carbons (Fsp3) is 0.375. The normalized spacial score (nSPS) is 16.3. The molecule has 1 aromatic heterocycles. The van der Waals surface area contributed by atoms with E-state index in [4.69, 9.17) is 0 Å². The van der Waals surface area contributed by atoms with Gasteiger partial charge in [0.05, 0.1) is 5.69 Å². The van der Waals surface area contributed by atoms with Gasteiger partial charge in [-0.15, -0.1) is 0 Å².